The van der Waals surface area contributed by atoms with Gasteiger partial charge in [0, 0.05) is 12.8 Å². The van der Waals surface area contributed by atoms with Crippen LogP contribution in [-0.4, -0.2) is 5.78 Å². The fourth-order valence-corrected chi connectivity index (χ4v) is 0.946. The topological polar surface area (TPSA) is 17.1 Å². The van der Waals surface area contributed by atoms with Crippen LogP contribution < -0.4 is 0 Å². The first-order chi connectivity index (χ1) is 3.39. The summed E-state index contributed by atoms with van der Waals surface area (Å²) in [4.78, 5) is 10.5. The number of hydrogen-bond donors (Lipinski definition) is 0. The van der Waals surface area contributed by atoms with Crippen LogP contribution in [0.3, 0.4) is 0 Å². The first kappa shape index (κ1) is 8.15. The molecule has 0 radical (unpaired) electrons. The van der Waals surface area contributed by atoms with E-state index >= 15 is 0 Å². The van der Waals surface area contributed by atoms with Crippen molar-refractivity contribution in [3.63, 3.8) is 0 Å². The average molecular weight is 179 g/mol. The van der Waals surface area contributed by atoms with Gasteiger partial charge >= 0.3 is 0 Å². The van der Waals surface area contributed by atoms with E-state index in [9.17, 15) is 4.79 Å². The Kier molecular flexibility index (Phi) is 4.15. The van der Waals surface area contributed by atoms with E-state index in [2.05, 4.69) is 0 Å². The highest BCUT2D eigenvalue weighted by atomic mass is 79.9. The molecule has 0 spiro atoms. The van der Waals surface area contributed by atoms with Crippen LogP contribution >= 0.6 is 17.0 Å². The Hall–Kier alpha value is 0.150. The maximum absolute atomic E-state index is 10.5. The minimum atomic E-state index is 0. The number of hydrogen-bond acceptors (Lipinski definition) is 1. The second-order valence-corrected chi connectivity index (χ2v) is 2.10. The second kappa shape index (κ2) is 4.07. The molecule has 0 aromatic carbocycles. The summed E-state index contributed by atoms with van der Waals surface area (Å²) in [6.45, 7) is 0. The normalized spacial score (nSPS) is 19.8. The van der Waals surface area contributed by atoms with E-state index < -0.39 is 0 Å². The van der Waals surface area contributed by atoms with Crippen molar-refractivity contribution in [1.29, 1.82) is 0 Å². The van der Waals surface area contributed by atoms with E-state index in [0.717, 1.165) is 25.7 Å². The molecule has 0 atom stereocenters. The molecule has 0 N–H and O–H groups in total. The van der Waals surface area contributed by atoms with Crippen molar-refractivity contribution in [2.45, 2.75) is 32.1 Å². The van der Waals surface area contributed by atoms with Gasteiger partial charge in [0.05, 0.1) is 0 Å². The maximum atomic E-state index is 10.5. The molecule has 0 aromatic heterocycles. The van der Waals surface area contributed by atoms with Crippen LogP contribution in [0.25, 0.3) is 0 Å². The lowest BCUT2D eigenvalue weighted by atomic mass is 10.00. The van der Waals surface area contributed by atoms with Crippen LogP contribution in [0.5, 0.6) is 0 Å². The second-order valence-electron chi connectivity index (χ2n) is 2.10. The molecule has 48 valence electrons. The zero-order chi connectivity index (χ0) is 5.11. The quantitative estimate of drug-likeness (QED) is 0.556. The van der Waals surface area contributed by atoms with E-state index in [4.69, 9.17) is 0 Å². The largest absolute Gasteiger partial charge is 0.300 e. The summed E-state index contributed by atoms with van der Waals surface area (Å²) in [5, 5.41) is 0. The minimum absolute atomic E-state index is 0. The molecule has 0 aliphatic heterocycles. The van der Waals surface area contributed by atoms with Crippen molar-refractivity contribution >= 4 is 22.8 Å². The molecule has 0 bridgehead atoms. The number of carbonyl (C=O) groups excluding carboxylic acids is 1. The Morgan fingerprint density at radius 2 is 1.50 bits per heavy atom. The van der Waals surface area contributed by atoms with Gasteiger partial charge in [0.15, 0.2) is 0 Å². The maximum Gasteiger partial charge on any atom is 0.132 e. The van der Waals surface area contributed by atoms with E-state index in [-0.39, 0.29) is 17.0 Å². The Morgan fingerprint density at radius 3 is 1.75 bits per heavy atom. The third-order valence-electron chi connectivity index (χ3n) is 1.41. The van der Waals surface area contributed by atoms with E-state index in [0.29, 0.717) is 5.78 Å². The van der Waals surface area contributed by atoms with Gasteiger partial charge in [0.25, 0.3) is 0 Å². The molecule has 0 unspecified atom stereocenters. The van der Waals surface area contributed by atoms with Gasteiger partial charge in [-0.15, -0.1) is 17.0 Å². The highest BCUT2D eigenvalue weighted by Gasteiger charge is 2.05. The van der Waals surface area contributed by atoms with Crippen molar-refractivity contribution < 1.29 is 4.79 Å². The molecule has 1 rings (SSSR count). The summed E-state index contributed by atoms with van der Waals surface area (Å²) < 4.78 is 0. The molecule has 0 heterocycles. The summed E-state index contributed by atoms with van der Waals surface area (Å²) in [6.07, 6.45) is 5.24. The van der Waals surface area contributed by atoms with Crippen molar-refractivity contribution in [2.24, 2.45) is 0 Å². The number of ketones is 1. The van der Waals surface area contributed by atoms with Gasteiger partial charge in [-0.2, -0.15) is 0 Å². The third-order valence-corrected chi connectivity index (χ3v) is 1.41. The lowest BCUT2D eigenvalue weighted by Crippen LogP contribution is -2.02. The molecular formula is C6H11BrO. The third kappa shape index (κ3) is 2.46. The van der Waals surface area contributed by atoms with Gasteiger partial charge in [-0.05, 0) is 12.8 Å². The smallest absolute Gasteiger partial charge is 0.132 e. The predicted molar refractivity (Wildman–Crippen MR) is 38.4 cm³/mol. The lowest BCUT2D eigenvalue weighted by Gasteiger charge is -2.05. The molecule has 0 aromatic rings. The molecule has 2 heteroatoms. The molecule has 1 fully saturated rings. The summed E-state index contributed by atoms with van der Waals surface area (Å²) in [5.74, 6) is 0.464. The number of halogens is 1. The zero-order valence-electron chi connectivity index (χ0n) is 4.85. The molecule has 1 aliphatic rings. The predicted octanol–water partition coefficient (Wildman–Crippen LogP) is 2.10. The Balaban J connectivity index is 0.000000490. The van der Waals surface area contributed by atoms with Gasteiger partial charge in [-0.1, -0.05) is 6.42 Å². The van der Waals surface area contributed by atoms with Gasteiger partial charge in [-0.25, -0.2) is 0 Å². The van der Waals surface area contributed by atoms with Crippen molar-refractivity contribution in [3.05, 3.63) is 0 Å². The number of rotatable bonds is 0. The lowest BCUT2D eigenvalue weighted by molar-refractivity contribution is -0.120. The monoisotopic (exact) mass is 178 g/mol. The van der Waals surface area contributed by atoms with Crippen molar-refractivity contribution in [1.82, 2.24) is 0 Å². The summed E-state index contributed by atoms with van der Waals surface area (Å²) in [7, 11) is 0. The van der Waals surface area contributed by atoms with Crippen LogP contribution in [0.4, 0.5) is 0 Å². The van der Waals surface area contributed by atoms with Crippen LogP contribution in [0, 0.1) is 0 Å². The first-order valence-electron chi connectivity index (χ1n) is 2.91. The fourth-order valence-electron chi connectivity index (χ4n) is 0.946. The van der Waals surface area contributed by atoms with Gasteiger partial charge < -0.3 is 0 Å². The summed E-state index contributed by atoms with van der Waals surface area (Å²) in [5.41, 5.74) is 0. The summed E-state index contributed by atoms with van der Waals surface area (Å²) >= 11 is 0. The average Bonchev–Trinajstić information content (AvgIpc) is 1.69. The van der Waals surface area contributed by atoms with Crippen LogP contribution in [0.1, 0.15) is 32.1 Å². The van der Waals surface area contributed by atoms with Gasteiger partial charge in [0.1, 0.15) is 5.78 Å². The molecule has 8 heavy (non-hydrogen) atoms. The highest BCUT2D eigenvalue weighted by molar-refractivity contribution is 8.93. The SMILES string of the molecule is Br.O=C1CCCCC1. The first-order valence-corrected chi connectivity index (χ1v) is 2.91. The zero-order valence-corrected chi connectivity index (χ0v) is 6.57. The standard InChI is InChI=1S/C6H10O.BrH/c7-6-4-2-1-3-5-6;/h1-5H2;1H. The number of Topliss-reactive ketones (excluding diaryl/α,β-unsaturated/α-hetero) is 1. The molecular weight excluding hydrogens is 168 g/mol. The molecule has 1 aliphatic carbocycles. The van der Waals surface area contributed by atoms with Gasteiger partial charge in [0.2, 0.25) is 0 Å². The molecule has 0 amide bonds. The number of carbonyl (C=O) groups is 1. The Morgan fingerprint density at radius 1 is 1.00 bits per heavy atom. The Bertz CT molecular complexity index is 72.6. The molecule has 0 saturated heterocycles. The van der Waals surface area contributed by atoms with Gasteiger partial charge in [-0.3, -0.25) is 4.79 Å². The van der Waals surface area contributed by atoms with E-state index in [1.54, 1.807) is 0 Å². The fraction of sp³-hybridized carbons (Fsp3) is 0.833. The summed E-state index contributed by atoms with van der Waals surface area (Å²) in [6, 6.07) is 0. The van der Waals surface area contributed by atoms with Crippen molar-refractivity contribution in [2.75, 3.05) is 0 Å². The Labute approximate surface area is 60.2 Å². The van der Waals surface area contributed by atoms with E-state index in [1.165, 1.54) is 6.42 Å². The molecule has 1 saturated carbocycles. The minimum Gasteiger partial charge on any atom is -0.300 e. The van der Waals surface area contributed by atoms with Crippen LogP contribution in [0.15, 0.2) is 0 Å². The molecule has 1 nitrogen and oxygen atoms in total. The highest BCUT2D eigenvalue weighted by Crippen LogP contribution is 2.12. The van der Waals surface area contributed by atoms with Crippen LogP contribution in [0.2, 0.25) is 0 Å². The van der Waals surface area contributed by atoms with Crippen LogP contribution in [-0.2, 0) is 4.79 Å². The van der Waals surface area contributed by atoms with E-state index in [1.807, 2.05) is 0 Å². The van der Waals surface area contributed by atoms with Crippen molar-refractivity contribution in [3.8, 4) is 0 Å².